The Morgan fingerprint density at radius 2 is 1.74 bits per heavy atom. The summed E-state index contributed by atoms with van der Waals surface area (Å²) in [5.74, 6) is -2.66. The summed E-state index contributed by atoms with van der Waals surface area (Å²) in [6.07, 6.45) is 5.59. The molecular formula is C31H41F3N6O3. The number of carbonyl (C=O) groups is 3. The number of carbonyl (C=O) groups excluding carboxylic acids is 3. The van der Waals surface area contributed by atoms with Crippen molar-refractivity contribution < 1.29 is 27.6 Å². The first-order valence-corrected chi connectivity index (χ1v) is 15.1. The molecule has 234 valence electrons. The normalized spacial score (nSPS) is 18.4. The van der Waals surface area contributed by atoms with Gasteiger partial charge in [-0.3, -0.25) is 19.1 Å². The number of amides is 3. The summed E-state index contributed by atoms with van der Waals surface area (Å²) in [7, 11) is 0. The Labute approximate surface area is 250 Å². The average Bonchev–Trinajstić information content (AvgIpc) is 3.34. The number of piperidine rings is 1. The van der Waals surface area contributed by atoms with Crippen molar-refractivity contribution in [2.45, 2.75) is 89.8 Å². The molecule has 1 aromatic carbocycles. The number of nitrogens with one attached hydrogen (secondary N) is 2. The standard InChI is InChI=1S/C31H41F3N6O3/c1-3-40-25(12-15-36-40)29(41)38-27(20-8-6-4-5-7-9-20)30(42)37-24-11-10-22(18-23(24)32)19(2)26(35)31(43)39-16-13-21(14-17-39)28(33)34/h10-12,15,18-20,26-27H,3-9,13-14,16-17,35H2,1-2H3,(H,37,42)(H,38,41)/t19-,26+,27-/m0/s1. The fourth-order valence-corrected chi connectivity index (χ4v) is 5.98. The Morgan fingerprint density at radius 3 is 2.35 bits per heavy atom. The lowest BCUT2D eigenvalue weighted by Gasteiger charge is -2.32. The molecule has 1 saturated carbocycles. The summed E-state index contributed by atoms with van der Waals surface area (Å²) in [5.41, 5.74) is 7.06. The Balaban J connectivity index is 1.45. The number of halogens is 3. The molecule has 0 unspecified atom stereocenters. The van der Waals surface area contributed by atoms with E-state index in [0.717, 1.165) is 38.5 Å². The lowest BCUT2D eigenvalue weighted by atomic mass is 9.90. The molecule has 1 aliphatic carbocycles. The summed E-state index contributed by atoms with van der Waals surface area (Å²) in [5, 5.41) is 9.70. The van der Waals surface area contributed by atoms with E-state index in [9.17, 15) is 23.2 Å². The largest absolute Gasteiger partial charge is 0.341 e. The molecule has 2 aliphatic rings. The molecule has 3 atom stereocenters. The third-order valence-corrected chi connectivity index (χ3v) is 8.74. The predicted octanol–water partition coefficient (Wildman–Crippen LogP) is 4.95. The van der Waals surface area contributed by atoms with Crippen LogP contribution in [-0.2, 0) is 16.1 Å². The van der Waals surface area contributed by atoms with Gasteiger partial charge in [-0.05, 0) is 67.9 Å². The van der Waals surface area contributed by atoms with Crippen molar-refractivity contribution in [2.75, 3.05) is 18.4 Å². The van der Waals surface area contributed by atoms with Crippen LogP contribution < -0.4 is 16.4 Å². The number of benzene rings is 1. The van der Waals surface area contributed by atoms with E-state index >= 15 is 4.39 Å². The van der Waals surface area contributed by atoms with Gasteiger partial charge < -0.3 is 21.3 Å². The van der Waals surface area contributed by atoms with Gasteiger partial charge in [0.15, 0.2) is 0 Å². The number of hydrogen-bond acceptors (Lipinski definition) is 5. The zero-order chi connectivity index (χ0) is 31.1. The maximum atomic E-state index is 15.3. The number of likely N-dealkylation sites (tertiary alicyclic amines) is 1. The zero-order valence-corrected chi connectivity index (χ0v) is 24.8. The molecule has 9 nitrogen and oxygen atoms in total. The van der Waals surface area contributed by atoms with E-state index in [4.69, 9.17) is 5.73 Å². The van der Waals surface area contributed by atoms with Crippen LogP contribution in [0.2, 0.25) is 0 Å². The summed E-state index contributed by atoms with van der Waals surface area (Å²) < 4.78 is 42.6. The molecule has 1 aliphatic heterocycles. The van der Waals surface area contributed by atoms with Crippen LogP contribution in [0.25, 0.3) is 0 Å². The predicted molar refractivity (Wildman–Crippen MR) is 157 cm³/mol. The fourth-order valence-electron chi connectivity index (χ4n) is 5.98. The van der Waals surface area contributed by atoms with Crippen LogP contribution in [0.15, 0.2) is 42.1 Å². The first kappa shape index (κ1) is 32.2. The van der Waals surface area contributed by atoms with Gasteiger partial charge in [-0.25, -0.2) is 4.39 Å². The van der Waals surface area contributed by atoms with Crippen molar-refractivity contribution in [1.82, 2.24) is 20.0 Å². The van der Waals surface area contributed by atoms with Gasteiger partial charge in [0.25, 0.3) is 12.0 Å². The molecule has 2 aromatic rings. The van der Waals surface area contributed by atoms with Crippen molar-refractivity contribution in [3.05, 3.63) is 59.2 Å². The SMILES string of the molecule is CCn1nccc1C(=O)N[C@H](C(=O)Nc1ccc([C@H](C)[C@@H](N)C(=O)N2CCC(=C(F)F)CC2)cc1F)C1CCCCCC1. The van der Waals surface area contributed by atoms with E-state index in [1.54, 1.807) is 23.7 Å². The van der Waals surface area contributed by atoms with Crippen molar-refractivity contribution in [3.8, 4) is 0 Å². The number of nitrogens with zero attached hydrogens (tertiary/aromatic N) is 3. The summed E-state index contributed by atoms with van der Waals surface area (Å²) in [6.45, 7) is 4.38. The third-order valence-electron chi connectivity index (χ3n) is 8.74. The lowest BCUT2D eigenvalue weighted by Crippen LogP contribution is -2.49. The summed E-state index contributed by atoms with van der Waals surface area (Å²) in [6, 6.07) is 4.01. The van der Waals surface area contributed by atoms with Crippen molar-refractivity contribution in [2.24, 2.45) is 11.7 Å². The Hall–Kier alpha value is -3.67. The van der Waals surface area contributed by atoms with Crippen molar-refractivity contribution in [1.29, 1.82) is 0 Å². The second-order valence-corrected chi connectivity index (χ2v) is 11.5. The lowest BCUT2D eigenvalue weighted by molar-refractivity contribution is -0.133. The van der Waals surface area contributed by atoms with Gasteiger partial charge in [0.1, 0.15) is 17.6 Å². The molecule has 43 heavy (non-hydrogen) atoms. The van der Waals surface area contributed by atoms with Crippen LogP contribution >= 0.6 is 0 Å². The Bertz CT molecular complexity index is 1320. The van der Waals surface area contributed by atoms with Crippen LogP contribution in [0, 0.1) is 11.7 Å². The van der Waals surface area contributed by atoms with E-state index in [1.165, 1.54) is 23.2 Å². The van der Waals surface area contributed by atoms with E-state index in [0.29, 0.717) is 17.8 Å². The Kier molecular flexibility index (Phi) is 11.0. The third kappa shape index (κ3) is 7.84. The van der Waals surface area contributed by atoms with Crippen molar-refractivity contribution >= 4 is 23.4 Å². The van der Waals surface area contributed by atoms with Crippen LogP contribution in [0.1, 0.15) is 87.2 Å². The minimum Gasteiger partial charge on any atom is -0.341 e. The summed E-state index contributed by atoms with van der Waals surface area (Å²) in [4.78, 5) is 41.1. The highest BCUT2D eigenvalue weighted by molar-refractivity contribution is 6.00. The molecule has 3 amide bonds. The van der Waals surface area contributed by atoms with Gasteiger partial charge in [-0.1, -0.05) is 38.7 Å². The van der Waals surface area contributed by atoms with Crippen LogP contribution in [0.3, 0.4) is 0 Å². The smallest absolute Gasteiger partial charge is 0.270 e. The van der Waals surface area contributed by atoms with Gasteiger partial charge in [0, 0.05) is 31.7 Å². The molecule has 4 rings (SSSR count). The number of aromatic nitrogens is 2. The highest BCUT2D eigenvalue weighted by atomic mass is 19.3. The van der Waals surface area contributed by atoms with E-state index in [2.05, 4.69) is 15.7 Å². The minimum atomic E-state index is -1.70. The Morgan fingerprint density at radius 1 is 1.07 bits per heavy atom. The zero-order valence-electron chi connectivity index (χ0n) is 24.8. The van der Waals surface area contributed by atoms with Gasteiger partial charge in [0.05, 0.1) is 11.7 Å². The molecule has 0 radical (unpaired) electrons. The molecule has 0 bridgehead atoms. The minimum absolute atomic E-state index is 0.0454. The van der Waals surface area contributed by atoms with Crippen LogP contribution in [0.4, 0.5) is 18.9 Å². The quantitative estimate of drug-likeness (QED) is 0.351. The summed E-state index contributed by atoms with van der Waals surface area (Å²) >= 11 is 0. The first-order chi connectivity index (χ1) is 20.6. The van der Waals surface area contributed by atoms with Gasteiger partial charge in [0.2, 0.25) is 11.8 Å². The number of aryl methyl sites for hydroxylation is 1. The second kappa shape index (κ2) is 14.7. The van der Waals surface area contributed by atoms with Crippen LogP contribution in [-0.4, -0.2) is 57.6 Å². The molecule has 0 spiro atoms. The highest BCUT2D eigenvalue weighted by Gasteiger charge is 2.33. The number of hydrogen-bond donors (Lipinski definition) is 3. The number of anilines is 1. The average molecular weight is 603 g/mol. The van der Waals surface area contributed by atoms with E-state index < -0.39 is 41.7 Å². The van der Waals surface area contributed by atoms with Crippen molar-refractivity contribution in [3.63, 3.8) is 0 Å². The first-order valence-electron chi connectivity index (χ1n) is 15.1. The monoisotopic (exact) mass is 602 g/mol. The molecule has 2 heterocycles. The molecule has 1 saturated heterocycles. The van der Waals surface area contributed by atoms with Gasteiger partial charge >= 0.3 is 0 Å². The number of rotatable bonds is 9. The molecular weight excluding hydrogens is 561 g/mol. The molecule has 4 N–H and O–H groups in total. The van der Waals surface area contributed by atoms with E-state index in [1.807, 2.05) is 6.92 Å². The second-order valence-electron chi connectivity index (χ2n) is 11.5. The maximum absolute atomic E-state index is 15.3. The highest BCUT2D eigenvalue weighted by Crippen LogP contribution is 2.29. The van der Waals surface area contributed by atoms with Gasteiger partial charge in [-0.15, -0.1) is 0 Å². The van der Waals surface area contributed by atoms with Gasteiger partial charge in [-0.2, -0.15) is 13.9 Å². The topological polar surface area (TPSA) is 122 Å². The maximum Gasteiger partial charge on any atom is 0.270 e. The fraction of sp³-hybridized carbons (Fsp3) is 0.548. The van der Waals surface area contributed by atoms with E-state index in [-0.39, 0.29) is 49.0 Å². The molecule has 12 heteroatoms. The van der Waals surface area contributed by atoms with Crippen LogP contribution in [0.5, 0.6) is 0 Å². The number of nitrogens with two attached hydrogens (primary N) is 1. The molecule has 2 fully saturated rings. The molecule has 1 aromatic heterocycles.